The number of methoxy groups -OCH3 is 1. The van der Waals surface area contributed by atoms with Crippen LogP contribution in [0.5, 0.6) is 5.75 Å². The molecule has 1 fully saturated rings. The Morgan fingerprint density at radius 3 is 2.55 bits per heavy atom. The predicted molar refractivity (Wildman–Crippen MR) is 141 cm³/mol. The van der Waals surface area contributed by atoms with E-state index in [1.54, 1.807) is 24.3 Å². The van der Waals surface area contributed by atoms with E-state index in [-0.39, 0.29) is 40.1 Å². The number of nitro groups is 1. The summed E-state index contributed by atoms with van der Waals surface area (Å²) in [7, 11) is 1.17. The van der Waals surface area contributed by atoms with Gasteiger partial charge in [0.1, 0.15) is 11.5 Å². The van der Waals surface area contributed by atoms with Crippen LogP contribution in [0.2, 0.25) is 10.0 Å². The molecule has 0 unspecified atom stereocenters. The van der Waals surface area contributed by atoms with Gasteiger partial charge in [0.05, 0.1) is 23.6 Å². The number of amides is 4. The Kier molecular flexibility index (Phi) is 8.36. The molecule has 15 heteroatoms. The Hall–Kier alpha value is -4.88. The van der Waals surface area contributed by atoms with Crippen molar-refractivity contribution in [2.45, 2.75) is 6.54 Å². The van der Waals surface area contributed by atoms with Crippen molar-refractivity contribution in [1.29, 1.82) is 0 Å². The van der Waals surface area contributed by atoms with Crippen LogP contribution >= 0.6 is 23.2 Å². The van der Waals surface area contributed by atoms with Gasteiger partial charge in [0.25, 0.3) is 11.8 Å². The molecule has 4 amide bonds. The Morgan fingerprint density at radius 2 is 1.88 bits per heavy atom. The van der Waals surface area contributed by atoms with Gasteiger partial charge in [-0.15, -0.1) is 0 Å². The summed E-state index contributed by atoms with van der Waals surface area (Å²) in [5.41, 5.74) is -0.218. The van der Waals surface area contributed by atoms with Gasteiger partial charge < -0.3 is 24.5 Å². The molecule has 0 spiro atoms. The van der Waals surface area contributed by atoms with Crippen molar-refractivity contribution in [3.05, 3.63) is 91.5 Å². The first-order valence-electron chi connectivity index (χ1n) is 11.2. The van der Waals surface area contributed by atoms with Crippen LogP contribution < -0.4 is 15.4 Å². The highest BCUT2D eigenvalue weighted by molar-refractivity contribution is 6.32. The summed E-state index contributed by atoms with van der Waals surface area (Å²) in [6.45, 7) is -0.873. The number of hydrogen-bond acceptors (Lipinski definition) is 9. The number of imide groups is 1. The van der Waals surface area contributed by atoms with Crippen LogP contribution in [0.15, 0.2) is 58.6 Å². The molecule has 206 valence electrons. The van der Waals surface area contributed by atoms with Crippen LogP contribution in [0.4, 0.5) is 16.2 Å². The summed E-state index contributed by atoms with van der Waals surface area (Å²) in [5, 5.41) is 16.9. The second kappa shape index (κ2) is 11.9. The van der Waals surface area contributed by atoms with Gasteiger partial charge in [0.15, 0.2) is 6.61 Å². The van der Waals surface area contributed by atoms with Gasteiger partial charge in [-0.25, -0.2) is 9.59 Å². The number of rotatable bonds is 9. The molecule has 3 aromatic rings. The van der Waals surface area contributed by atoms with Gasteiger partial charge in [-0.1, -0.05) is 23.2 Å². The summed E-state index contributed by atoms with van der Waals surface area (Å²) in [5.74, 6) is -2.40. The molecule has 1 saturated heterocycles. The van der Waals surface area contributed by atoms with Gasteiger partial charge in [-0.2, -0.15) is 0 Å². The third-order valence-corrected chi connectivity index (χ3v) is 5.89. The zero-order valence-corrected chi connectivity index (χ0v) is 21.9. The smallest absolute Gasteiger partial charge is 0.373 e. The number of ether oxygens (including phenoxy) is 2. The van der Waals surface area contributed by atoms with Gasteiger partial charge in [0, 0.05) is 16.8 Å². The fourth-order valence-corrected chi connectivity index (χ4v) is 3.94. The van der Waals surface area contributed by atoms with E-state index in [0.29, 0.717) is 10.7 Å². The number of nitrogens with one attached hydrogen (secondary N) is 2. The van der Waals surface area contributed by atoms with Crippen LogP contribution in [0, 0.1) is 10.1 Å². The predicted octanol–water partition coefficient (Wildman–Crippen LogP) is 4.39. The quantitative estimate of drug-likeness (QED) is 0.121. The van der Waals surface area contributed by atoms with Crippen LogP contribution in [0.3, 0.4) is 0 Å². The maximum Gasteiger partial charge on any atom is 0.373 e. The minimum Gasteiger partial charge on any atom is -0.476 e. The van der Waals surface area contributed by atoms with Crippen molar-refractivity contribution in [3.8, 4) is 5.75 Å². The summed E-state index contributed by atoms with van der Waals surface area (Å²) >= 11 is 12.0. The highest BCUT2D eigenvalue weighted by atomic mass is 35.5. The molecule has 2 heterocycles. The summed E-state index contributed by atoms with van der Waals surface area (Å²) in [6.07, 6.45) is 1.19. The zero-order valence-electron chi connectivity index (χ0n) is 20.4. The monoisotopic (exact) mass is 588 g/mol. The Bertz CT molecular complexity index is 1550. The number of carbonyl (C=O) groups is 4. The lowest BCUT2D eigenvalue weighted by Crippen LogP contribution is -2.30. The fourth-order valence-electron chi connectivity index (χ4n) is 3.54. The lowest BCUT2D eigenvalue weighted by atomic mass is 10.1. The lowest BCUT2D eigenvalue weighted by Gasteiger charge is -2.10. The number of hydrogen-bond donors (Lipinski definition) is 2. The second-order valence-electron chi connectivity index (χ2n) is 8.09. The average Bonchev–Trinajstić information content (AvgIpc) is 3.49. The molecule has 1 aliphatic heterocycles. The minimum atomic E-state index is -0.778. The van der Waals surface area contributed by atoms with Gasteiger partial charge in [-0.3, -0.25) is 24.6 Å². The van der Waals surface area contributed by atoms with E-state index in [9.17, 15) is 29.3 Å². The number of esters is 1. The summed E-state index contributed by atoms with van der Waals surface area (Å²) in [4.78, 5) is 60.8. The van der Waals surface area contributed by atoms with Crippen molar-refractivity contribution >= 4 is 64.5 Å². The van der Waals surface area contributed by atoms with Crippen molar-refractivity contribution < 1.29 is 38.0 Å². The van der Waals surface area contributed by atoms with Gasteiger partial charge >= 0.3 is 17.7 Å². The molecule has 1 aromatic heterocycles. The molecule has 0 aliphatic carbocycles. The molecule has 0 saturated carbocycles. The number of nitro benzene ring substituents is 1. The van der Waals surface area contributed by atoms with E-state index in [0.717, 1.165) is 11.0 Å². The number of benzene rings is 2. The average molecular weight is 589 g/mol. The van der Waals surface area contributed by atoms with E-state index in [1.165, 1.54) is 31.4 Å². The van der Waals surface area contributed by atoms with E-state index in [1.807, 2.05) is 0 Å². The highest BCUT2D eigenvalue weighted by Crippen LogP contribution is 2.37. The Morgan fingerprint density at radius 1 is 1.15 bits per heavy atom. The molecular weight excluding hydrogens is 571 g/mol. The van der Waals surface area contributed by atoms with Crippen molar-refractivity contribution in [1.82, 2.24) is 10.2 Å². The van der Waals surface area contributed by atoms with Gasteiger partial charge in [0.2, 0.25) is 11.5 Å². The molecule has 13 nitrogen and oxygen atoms in total. The first-order chi connectivity index (χ1) is 19.0. The lowest BCUT2D eigenvalue weighted by molar-refractivity contribution is -0.385. The van der Waals surface area contributed by atoms with E-state index in [2.05, 4.69) is 15.4 Å². The molecule has 0 atom stereocenters. The molecule has 2 aromatic carbocycles. The Labute approximate surface area is 235 Å². The molecule has 4 rings (SSSR count). The Balaban J connectivity index is 1.48. The van der Waals surface area contributed by atoms with Crippen molar-refractivity contribution in [3.63, 3.8) is 0 Å². The standard InChI is InChI=1S/C25H18Cl2N4O9/c1-38-24(34)20-7-6-16(40-20)11-30-23(33)18(29-25(30)35)9-13-8-17(27)22(19(10-13)31(36)37)39-12-21(32)28-15-4-2-14(26)3-5-15/h2-10H,11-12H2,1H3,(H,28,32)(H,29,35)/b18-9-. The van der Waals surface area contributed by atoms with E-state index < -0.39 is 41.0 Å². The van der Waals surface area contributed by atoms with Gasteiger partial charge in [-0.05, 0) is 54.1 Å². The third kappa shape index (κ3) is 6.39. The van der Waals surface area contributed by atoms with Crippen molar-refractivity contribution in [2.24, 2.45) is 0 Å². The number of halogens is 2. The third-order valence-electron chi connectivity index (χ3n) is 5.35. The topological polar surface area (TPSA) is 170 Å². The minimum absolute atomic E-state index is 0.103. The number of carbonyl (C=O) groups excluding carboxylic acids is 4. The maximum absolute atomic E-state index is 12.8. The summed E-state index contributed by atoms with van der Waals surface area (Å²) in [6, 6.07) is 10.6. The molecule has 40 heavy (non-hydrogen) atoms. The molecule has 1 aliphatic rings. The molecule has 0 radical (unpaired) electrons. The number of furan rings is 1. The van der Waals surface area contributed by atoms with Crippen molar-refractivity contribution in [2.75, 3.05) is 19.0 Å². The van der Waals surface area contributed by atoms with Crippen LogP contribution in [-0.4, -0.2) is 47.4 Å². The highest BCUT2D eigenvalue weighted by Gasteiger charge is 2.34. The summed E-state index contributed by atoms with van der Waals surface area (Å²) < 4.78 is 15.2. The zero-order chi connectivity index (χ0) is 29.0. The van der Waals surface area contributed by atoms with Crippen LogP contribution in [0.1, 0.15) is 21.9 Å². The largest absolute Gasteiger partial charge is 0.476 e. The van der Waals surface area contributed by atoms with E-state index in [4.69, 9.17) is 32.4 Å². The fraction of sp³-hybridized carbons (Fsp3) is 0.120. The number of urea groups is 1. The first kappa shape index (κ1) is 28.1. The first-order valence-corrected chi connectivity index (χ1v) is 12.0. The normalized spacial score (nSPS) is 13.8. The number of anilines is 1. The maximum atomic E-state index is 12.8. The molecular formula is C25H18Cl2N4O9. The molecule has 2 N–H and O–H groups in total. The van der Waals surface area contributed by atoms with Crippen LogP contribution in [0.25, 0.3) is 6.08 Å². The van der Waals surface area contributed by atoms with E-state index >= 15 is 0 Å². The molecule has 0 bridgehead atoms. The second-order valence-corrected chi connectivity index (χ2v) is 8.93. The SMILES string of the molecule is COC(=O)c1ccc(CN2C(=O)N/C(=C\c3cc(Cl)c(OCC(=O)Nc4ccc(Cl)cc4)c([N+](=O)[O-])c3)C2=O)o1. The number of nitrogens with zero attached hydrogens (tertiary/aromatic N) is 2. The van der Waals surface area contributed by atoms with Crippen LogP contribution in [-0.2, 0) is 20.9 Å².